The second kappa shape index (κ2) is 8.13. The number of urea groups is 1. The molecule has 0 aromatic carbocycles. The van der Waals surface area contributed by atoms with E-state index in [1.54, 1.807) is 0 Å². The summed E-state index contributed by atoms with van der Waals surface area (Å²) in [5.41, 5.74) is 0. The van der Waals surface area contributed by atoms with E-state index >= 15 is 0 Å². The van der Waals surface area contributed by atoms with E-state index < -0.39 is 0 Å². The summed E-state index contributed by atoms with van der Waals surface area (Å²) in [5.74, 6) is 2.24. The van der Waals surface area contributed by atoms with Crippen LogP contribution in [-0.2, 0) is 0 Å². The standard InChI is InChI=1S/C15H29N3OS/c1-17(2)11-14-12-20-10-6-9-18(14)15(19)16-13-7-4-3-5-8-13/h13-14H,3-12H2,1-2H3,(H,16,19). The second-order valence-corrected chi connectivity index (χ2v) is 7.47. The molecule has 2 rings (SSSR count). The predicted molar refractivity (Wildman–Crippen MR) is 86.4 cm³/mol. The van der Waals surface area contributed by atoms with Crippen molar-refractivity contribution in [1.29, 1.82) is 0 Å². The molecule has 0 spiro atoms. The van der Waals surface area contributed by atoms with E-state index in [1.807, 2.05) is 11.8 Å². The van der Waals surface area contributed by atoms with Crippen LogP contribution in [0.4, 0.5) is 4.79 Å². The van der Waals surface area contributed by atoms with Gasteiger partial charge in [-0.05, 0) is 39.1 Å². The number of hydrogen-bond donors (Lipinski definition) is 1. The Balaban J connectivity index is 1.92. The summed E-state index contributed by atoms with van der Waals surface area (Å²) in [7, 11) is 4.18. The van der Waals surface area contributed by atoms with Crippen LogP contribution in [0.5, 0.6) is 0 Å². The smallest absolute Gasteiger partial charge is 0.317 e. The highest BCUT2D eigenvalue weighted by atomic mass is 32.2. The minimum atomic E-state index is 0.172. The van der Waals surface area contributed by atoms with Gasteiger partial charge in [0, 0.05) is 24.9 Å². The fourth-order valence-corrected chi connectivity index (χ4v) is 4.23. The minimum Gasteiger partial charge on any atom is -0.335 e. The highest BCUT2D eigenvalue weighted by Crippen LogP contribution is 2.20. The van der Waals surface area contributed by atoms with Gasteiger partial charge in [-0.2, -0.15) is 11.8 Å². The molecular formula is C15H29N3OS. The van der Waals surface area contributed by atoms with Crippen molar-refractivity contribution in [3.8, 4) is 0 Å². The van der Waals surface area contributed by atoms with Gasteiger partial charge >= 0.3 is 6.03 Å². The van der Waals surface area contributed by atoms with E-state index in [4.69, 9.17) is 0 Å². The Morgan fingerprint density at radius 2 is 2.00 bits per heavy atom. The SMILES string of the molecule is CN(C)CC1CSCCCN1C(=O)NC1CCCCC1. The molecular weight excluding hydrogens is 270 g/mol. The molecule has 2 amide bonds. The summed E-state index contributed by atoms with van der Waals surface area (Å²) < 4.78 is 0. The van der Waals surface area contributed by atoms with Crippen molar-refractivity contribution in [3.05, 3.63) is 0 Å². The number of thioether (sulfide) groups is 1. The quantitative estimate of drug-likeness (QED) is 0.869. The third-order valence-electron chi connectivity index (χ3n) is 4.21. The molecule has 0 radical (unpaired) electrons. The molecule has 1 saturated carbocycles. The molecule has 1 N–H and O–H groups in total. The topological polar surface area (TPSA) is 35.6 Å². The second-order valence-electron chi connectivity index (χ2n) is 6.32. The lowest BCUT2D eigenvalue weighted by atomic mass is 9.96. The summed E-state index contributed by atoms with van der Waals surface area (Å²) in [6.45, 7) is 1.87. The van der Waals surface area contributed by atoms with E-state index in [1.165, 1.54) is 25.0 Å². The third-order valence-corrected chi connectivity index (χ3v) is 5.41. The van der Waals surface area contributed by atoms with Gasteiger partial charge in [0.25, 0.3) is 0 Å². The van der Waals surface area contributed by atoms with Gasteiger partial charge in [-0.25, -0.2) is 4.79 Å². The monoisotopic (exact) mass is 299 g/mol. The molecule has 0 aromatic heterocycles. The number of amides is 2. The number of nitrogens with one attached hydrogen (secondary N) is 1. The lowest BCUT2D eigenvalue weighted by Gasteiger charge is -2.34. The highest BCUT2D eigenvalue weighted by molar-refractivity contribution is 7.99. The number of carbonyl (C=O) groups is 1. The van der Waals surface area contributed by atoms with Gasteiger partial charge in [0.15, 0.2) is 0 Å². The Bertz CT molecular complexity index is 305. The average molecular weight is 299 g/mol. The van der Waals surface area contributed by atoms with Crippen molar-refractivity contribution in [2.24, 2.45) is 0 Å². The maximum atomic E-state index is 12.6. The Hall–Kier alpha value is -0.420. The van der Waals surface area contributed by atoms with Crippen molar-refractivity contribution in [2.45, 2.75) is 50.6 Å². The summed E-state index contributed by atoms with van der Waals surface area (Å²) >= 11 is 1.98. The van der Waals surface area contributed by atoms with Crippen LogP contribution in [0.15, 0.2) is 0 Å². The van der Waals surface area contributed by atoms with Gasteiger partial charge < -0.3 is 15.1 Å². The van der Waals surface area contributed by atoms with Crippen LogP contribution in [0, 0.1) is 0 Å². The number of carbonyl (C=O) groups excluding carboxylic acids is 1. The van der Waals surface area contributed by atoms with E-state index in [-0.39, 0.29) is 6.03 Å². The lowest BCUT2D eigenvalue weighted by Crippen LogP contribution is -2.53. The molecule has 4 nitrogen and oxygen atoms in total. The van der Waals surface area contributed by atoms with Gasteiger partial charge in [-0.1, -0.05) is 19.3 Å². The molecule has 1 aliphatic heterocycles. The molecule has 1 heterocycles. The molecule has 116 valence electrons. The Morgan fingerprint density at radius 1 is 1.25 bits per heavy atom. The van der Waals surface area contributed by atoms with E-state index in [0.29, 0.717) is 12.1 Å². The molecule has 1 aliphatic carbocycles. The van der Waals surface area contributed by atoms with Crippen molar-refractivity contribution in [1.82, 2.24) is 15.1 Å². The van der Waals surface area contributed by atoms with Gasteiger partial charge in [0.1, 0.15) is 0 Å². The first-order valence-electron chi connectivity index (χ1n) is 7.96. The van der Waals surface area contributed by atoms with Crippen LogP contribution in [0.2, 0.25) is 0 Å². The third kappa shape index (κ3) is 4.85. The van der Waals surface area contributed by atoms with E-state index in [2.05, 4.69) is 29.2 Å². The van der Waals surface area contributed by atoms with Crippen LogP contribution in [-0.4, -0.2) is 66.6 Å². The Kier molecular flexibility index (Phi) is 6.49. The lowest BCUT2D eigenvalue weighted by molar-refractivity contribution is 0.162. The van der Waals surface area contributed by atoms with Crippen LogP contribution in [0.25, 0.3) is 0 Å². The van der Waals surface area contributed by atoms with Crippen LogP contribution >= 0.6 is 11.8 Å². The largest absolute Gasteiger partial charge is 0.335 e. The van der Waals surface area contributed by atoms with Crippen molar-refractivity contribution >= 4 is 17.8 Å². The fourth-order valence-electron chi connectivity index (χ4n) is 3.17. The van der Waals surface area contributed by atoms with Gasteiger partial charge in [-0.15, -0.1) is 0 Å². The Morgan fingerprint density at radius 3 is 2.70 bits per heavy atom. The zero-order valence-electron chi connectivity index (χ0n) is 12.9. The molecule has 20 heavy (non-hydrogen) atoms. The van der Waals surface area contributed by atoms with Crippen LogP contribution in [0.3, 0.4) is 0 Å². The first kappa shape index (κ1) is 16.0. The fraction of sp³-hybridized carbons (Fsp3) is 0.933. The first-order valence-corrected chi connectivity index (χ1v) is 9.12. The maximum Gasteiger partial charge on any atom is 0.317 e. The number of nitrogens with zero attached hydrogens (tertiary/aromatic N) is 2. The molecule has 1 atom stereocenters. The summed E-state index contributed by atoms with van der Waals surface area (Å²) in [6, 6.07) is 0.930. The molecule has 5 heteroatoms. The first-order chi connectivity index (χ1) is 9.66. The van der Waals surface area contributed by atoms with Crippen molar-refractivity contribution in [2.75, 3.05) is 38.7 Å². The molecule has 2 aliphatic rings. The molecule has 1 saturated heterocycles. The molecule has 0 aromatic rings. The summed E-state index contributed by atoms with van der Waals surface area (Å²) in [4.78, 5) is 16.9. The van der Waals surface area contributed by atoms with Crippen molar-refractivity contribution in [3.63, 3.8) is 0 Å². The molecule has 1 unspecified atom stereocenters. The number of rotatable bonds is 3. The summed E-state index contributed by atoms with van der Waals surface area (Å²) in [5, 5.41) is 3.28. The van der Waals surface area contributed by atoms with Gasteiger partial charge in [0.2, 0.25) is 0 Å². The number of likely N-dealkylation sites (N-methyl/N-ethyl adjacent to an activating group) is 1. The van der Waals surface area contributed by atoms with E-state index in [0.717, 1.165) is 38.1 Å². The molecule has 2 fully saturated rings. The molecule has 0 bridgehead atoms. The zero-order chi connectivity index (χ0) is 14.4. The van der Waals surface area contributed by atoms with Crippen LogP contribution < -0.4 is 5.32 Å². The Labute approximate surface area is 127 Å². The van der Waals surface area contributed by atoms with Gasteiger partial charge in [0.05, 0.1) is 6.04 Å². The van der Waals surface area contributed by atoms with E-state index in [9.17, 15) is 4.79 Å². The summed E-state index contributed by atoms with van der Waals surface area (Å²) in [6.07, 6.45) is 7.30. The van der Waals surface area contributed by atoms with Crippen LogP contribution in [0.1, 0.15) is 38.5 Å². The normalized spacial score (nSPS) is 25.6. The number of hydrogen-bond acceptors (Lipinski definition) is 3. The predicted octanol–water partition coefficient (Wildman–Crippen LogP) is 2.40. The zero-order valence-corrected chi connectivity index (χ0v) is 13.8. The maximum absolute atomic E-state index is 12.6. The van der Waals surface area contributed by atoms with Gasteiger partial charge in [-0.3, -0.25) is 0 Å². The minimum absolute atomic E-state index is 0.172. The highest BCUT2D eigenvalue weighted by Gasteiger charge is 2.27. The average Bonchev–Trinajstić information content (AvgIpc) is 2.64. The van der Waals surface area contributed by atoms with Crippen molar-refractivity contribution < 1.29 is 4.79 Å².